The Kier molecular flexibility index (Phi) is 5.12. The lowest BCUT2D eigenvalue weighted by Crippen LogP contribution is -2.24. The van der Waals surface area contributed by atoms with Crippen LogP contribution in [0.15, 0.2) is 41.8 Å². The van der Waals surface area contributed by atoms with E-state index in [0.29, 0.717) is 22.2 Å². The van der Waals surface area contributed by atoms with Crippen molar-refractivity contribution in [3.8, 4) is 16.3 Å². The minimum absolute atomic E-state index is 0.138. The van der Waals surface area contributed by atoms with Crippen molar-refractivity contribution in [1.82, 2.24) is 4.98 Å². The molecule has 0 amide bonds. The van der Waals surface area contributed by atoms with E-state index in [2.05, 4.69) is 10.3 Å². The van der Waals surface area contributed by atoms with Crippen LogP contribution in [0.4, 0.5) is 5.13 Å². The van der Waals surface area contributed by atoms with E-state index in [0.717, 1.165) is 16.2 Å². The molecule has 0 saturated carbocycles. The number of hydrogen-bond donors (Lipinski definition) is 1. The molecule has 1 N–H and O–H groups in total. The number of carbonyl (C=O) groups is 1. The van der Waals surface area contributed by atoms with Gasteiger partial charge in [-0.1, -0.05) is 24.3 Å². The number of thiophene rings is 1. The predicted molar refractivity (Wildman–Crippen MR) is 94.5 cm³/mol. The van der Waals surface area contributed by atoms with E-state index in [9.17, 15) is 9.90 Å². The molecule has 0 saturated heterocycles. The molecule has 3 rings (SSSR count). The topological polar surface area (TPSA) is 74.3 Å². The summed E-state index contributed by atoms with van der Waals surface area (Å²) in [4.78, 5) is 17.2. The van der Waals surface area contributed by atoms with Gasteiger partial charge in [-0.05, 0) is 17.5 Å². The van der Waals surface area contributed by atoms with Crippen molar-refractivity contribution in [1.29, 1.82) is 0 Å². The largest absolute Gasteiger partial charge is 0.550 e. The molecular weight excluding hydrogens is 344 g/mol. The standard InChI is InChI=1S/C17H16N2O3S2/c1-22-12-6-3-2-5-11(12)10-18-17-19-16(13-7-4-8-23-13)14(24-17)9-15(20)21/h2-8H,9-10H2,1H3,(H,18,19)(H,20,21)/p-1. The highest BCUT2D eigenvalue weighted by Crippen LogP contribution is 2.34. The molecular formula is C17H15N2O3S2-. The van der Waals surface area contributed by atoms with Gasteiger partial charge in [-0.15, -0.1) is 22.7 Å². The first-order valence-corrected chi connectivity index (χ1v) is 8.96. The van der Waals surface area contributed by atoms with Gasteiger partial charge in [0.2, 0.25) is 0 Å². The summed E-state index contributed by atoms with van der Waals surface area (Å²) in [5, 5.41) is 16.9. The second-order valence-electron chi connectivity index (χ2n) is 4.98. The Hall–Kier alpha value is -2.38. The van der Waals surface area contributed by atoms with Crippen molar-refractivity contribution in [2.45, 2.75) is 13.0 Å². The summed E-state index contributed by atoms with van der Waals surface area (Å²) in [6.07, 6.45) is -0.138. The number of carbonyl (C=O) groups excluding carboxylic acids is 1. The van der Waals surface area contributed by atoms with E-state index in [-0.39, 0.29) is 6.42 Å². The first-order chi connectivity index (χ1) is 11.7. The molecule has 0 aliphatic carbocycles. The zero-order valence-corrected chi connectivity index (χ0v) is 14.6. The summed E-state index contributed by atoms with van der Waals surface area (Å²) < 4.78 is 5.33. The molecule has 0 aliphatic heterocycles. The fourth-order valence-corrected chi connectivity index (χ4v) is 4.07. The molecule has 0 atom stereocenters. The Morgan fingerprint density at radius 3 is 2.83 bits per heavy atom. The molecule has 0 spiro atoms. The number of para-hydroxylation sites is 1. The Balaban J connectivity index is 1.82. The van der Waals surface area contributed by atoms with E-state index in [4.69, 9.17) is 4.74 Å². The van der Waals surface area contributed by atoms with E-state index in [1.165, 1.54) is 22.7 Å². The van der Waals surface area contributed by atoms with Gasteiger partial charge in [0.25, 0.3) is 0 Å². The van der Waals surface area contributed by atoms with Gasteiger partial charge in [0, 0.05) is 29.4 Å². The van der Waals surface area contributed by atoms with E-state index in [1.54, 1.807) is 7.11 Å². The molecule has 0 aliphatic rings. The number of hydrogen-bond acceptors (Lipinski definition) is 7. The third-order valence-electron chi connectivity index (χ3n) is 3.38. The van der Waals surface area contributed by atoms with Crippen LogP contribution in [0.5, 0.6) is 5.75 Å². The number of carboxylic acids is 1. The lowest BCUT2D eigenvalue weighted by Gasteiger charge is -2.08. The first-order valence-electron chi connectivity index (χ1n) is 7.26. The van der Waals surface area contributed by atoms with Crippen LogP contribution in [0.3, 0.4) is 0 Å². The molecule has 1 aromatic carbocycles. The molecule has 124 valence electrons. The molecule has 7 heteroatoms. The fraction of sp³-hybridized carbons (Fsp3) is 0.176. The van der Waals surface area contributed by atoms with Crippen LogP contribution < -0.4 is 15.2 Å². The summed E-state index contributed by atoms with van der Waals surface area (Å²) in [7, 11) is 1.63. The Bertz CT molecular complexity index is 828. The number of aliphatic carboxylic acids is 1. The Morgan fingerprint density at radius 2 is 2.12 bits per heavy atom. The highest BCUT2D eigenvalue weighted by Gasteiger charge is 2.14. The molecule has 0 fully saturated rings. The minimum atomic E-state index is -1.10. The number of aromatic nitrogens is 1. The average Bonchev–Trinajstić information content (AvgIpc) is 3.22. The number of ether oxygens (including phenoxy) is 1. The monoisotopic (exact) mass is 359 g/mol. The minimum Gasteiger partial charge on any atom is -0.550 e. The maximum atomic E-state index is 11.0. The molecule has 0 unspecified atom stereocenters. The summed E-state index contributed by atoms with van der Waals surface area (Å²) in [5.41, 5.74) is 1.72. The van der Waals surface area contributed by atoms with Crippen LogP contribution in [0.25, 0.3) is 10.6 Å². The van der Waals surface area contributed by atoms with E-state index in [1.807, 2.05) is 41.8 Å². The highest BCUT2D eigenvalue weighted by atomic mass is 32.1. The molecule has 24 heavy (non-hydrogen) atoms. The van der Waals surface area contributed by atoms with Crippen molar-refractivity contribution < 1.29 is 14.6 Å². The number of nitrogens with zero attached hydrogens (tertiary/aromatic N) is 1. The van der Waals surface area contributed by atoms with Crippen molar-refractivity contribution in [2.24, 2.45) is 0 Å². The van der Waals surface area contributed by atoms with Gasteiger partial charge in [0.15, 0.2) is 5.13 Å². The average molecular weight is 359 g/mol. The number of carboxylic acid groups (broad SMARTS) is 1. The van der Waals surface area contributed by atoms with E-state index < -0.39 is 5.97 Å². The molecule has 5 nitrogen and oxygen atoms in total. The van der Waals surface area contributed by atoms with Gasteiger partial charge >= 0.3 is 0 Å². The number of anilines is 1. The summed E-state index contributed by atoms with van der Waals surface area (Å²) in [5.74, 6) is -0.303. The zero-order valence-electron chi connectivity index (χ0n) is 12.9. The maximum absolute atomic E-state index is 11.0. The number of rotatable bonds is 7. The van der Waals surface area contributed by atoms with Crippen LogP contribution in [0.1, 0.15) is 10.4 Å². The van der Waals surface area contributed by atoms with Crippen molar-refractivity contribution in [3.05, 3.63) is 52.2 Å². The van der Waals surface area contributed by atoms with E-state index >= 15 is 0 Å². The Labute approximate surface area is 147 Å². The fourth-order valence-electron chi connectivity index (χ4n) is 2.30. The maximum Gasteiger partial charge on any atom is 0.183 e. The lowest BCUT2D eigenvalue weighted by atomic mass is 10.2. The normalized spacial score (nSPS) is 10.5. The van der Waals surface area contributed by atoms with Gasteiger partial charge in [0.05, 0.1) is 17.7 Å². The van der Waals surface area contributed by atoms with Crippen molar-refractivity contribution >= 4 is 33.8 Å². The third kappa shape index (κ3) is 3.74. The number of thiazole rings is 1. The molecule has 3 aromatic rings. The van der Waals surface area contributed by atoms with Crippen molar-refractivity contribution in [3.63, 3.8) is 0 Å². The second-order valence-corrected chi connectivity index (χ2v) is 7.01. The van der Waals surface area contributed by atoms with Crippen LogP contribution in [0.2, 0.25) is 0 Å². The van der Waals surface area contributed by atoms with Crippen LogP contribution in [-0.4, -0.2) is 18.1 Å². The van der Waals surface area contributed by atoms with Gasteiger partial charge in [0.1, 0.15) is 5.75 Å². The molecule has 0 bridgehead atoms. The van der Waals surface area contributed by atoms with Gasteiger partial charge < -0.3 is 20.0 Å². The Morgan fingerprint density at radius 1 is 1.29 bits per heavy atom. The SMILES string of the molecule is COc1ccccc1CNc1nc(-c2cccs2)c(CC(=O)[O-])s1. The van der Waals surface area contributed by atoms with Crippen molar-refractivity contribution in [2.75, 3.05) is 12.4 Å². The smallest absolute Gasteiger partial charge is 0.183 e. The molecule has 2 aromatic heterocycles. The van der Waals surface area contributed by atoms with Gasteiger partial charge in [-0.3, -0.25) is 0 Å². The molecule has 0 radical (unpaired) electrons. The number of benzene rings is 1. The summed E-state index contributed by atoms with van der Waals surface area (Å²) in [6, 6.07) is 11.6. The van der Waals surface area contributed by atoms with Crippen LogP contribution in [0, 0.1) is 0 Å². The molecule has 2 heterocycles. The highest BCUT2D eigenvalue weighted by molar-refractivity contribution is 7.17. The summed E-state index contributed by atoms with van der Waals surface area (Å²) >= 11 is 2.88. The predicted octanol–water partition coefficient (Wildman–Crippen LogP) is 2.78. The number of nitrogens with one attached hydrogen (secondary N) is 1. The third-order valence-corrected chi connectivity index (χ3v) is 5.27. The zero-order chi connectivity index (χ0) is 16.9. The quantitative estimate of drug-likeness (QED) is 0.702. The summed E-state index contributed by atoms with van der Waals surface area (Å²) in [6.45, 7) is 0.548. The first kappa shape index (κ1) is 16.5. The number of methoxy groups -OCH3 is 1. The van der Waals surface area contributed by atoms with Gasteiger partial charge in [-0.25, -0.2) is 4.98 Å². The van der Waals surface area contributed by atoms with Crippen LogP contribution >= 0.6 is 22.7 Å². The van der Waals surface area contributed by atoms with Crippen LogP contribution in [-0.2, 0) is 17.8 Å². The van der Waals surface area contributed by atoms with Gasteiger partial charge in [-0.2, -0.15) is 0 Å². The second kappa shape index (κ2) is 7.46. The lowest BCUT2D eigenvalue weighted by molar-refractivity contribution is -0.304.